The van der Waals surface area contributed by atoms with Crippen molar-refractivity contribution in [1.82, 2.24) is 5.32 Å². The zero-order valence-electron chi connectivity index (χ0n) is 14.0. The Balaban J connectivity index is 3.09. The Morgan fingerprint density at radius 1 is 0.905 bits per heavy atom. The summed E-state index contributed by atoms with van der Waals surface area (Å²) in [5.74, 6) is -0.150. The van der Waals surface area contributed by atoms with Crippen LogP contribution in [0.3, 0.4) is 0 Å². The van der Waals surface area contributed by atoms with Gasteiger partial charge in [0.2, 0.25) is 0 Å². The van der Waals surface area contributed by atoms with Crippen LogP contribution in [0, 0.1) is 0 Å². The second-order valence-corrected chi connectivity index (χ2v) is 5.72. The fourth-order valence-corrected chi connectivity index (χ4v) is 2.24. The van der Waals surface area contributed by atoms with Gasteiger partial charge in [0.05, 0.1) is 13.2 Å². The number of hydrogen-bond acceptors (Lipinski definition) is 4. The van der Waals surface area contributed by atoms with Crippen LogP contribution in [-0.4, -0.2) is 32.2 Å². The molecule has 0 aromatic heterocycles. The van der Waals surface area contributed by atoms with E-state index in [0.717, 1.165) is 19.4 Å². The zero-order chi connectivity index (χ0) is 15.6. The average molecular weight is 300 g/mol. The number of esters is 1. The van der Waals surface area contributed by atoms with Crippen LogP contribution in [0.15, 0.2) is 0 Å². The van der Waals surface area contributed by atoms with Crippen molar-refractivity contribution >= 4 is 5.97 Å². The molecule has 126 valence electrons. The number of rotatable bonds is 16. The van der Waals surface area contributed by atoms with E-state index in [4.69, 9.17) is 10.5 Å². The second kappa shape index (κ2) is 17.4. The summed E-state index contributed by atoms with van der Waals surface area (Å²) >= 11 is 0. The standard InChI is InChI=1S/C17H36N2O2/c1-2-3-4-5-6-7-8-9-10-11-15-21-17(20)16-19-14-12-13-18/h19H,2-16,18H2,1H3. The van der Waals surface area contributed by atoms with Crippen molar-refractivity contribution in [3.63, 3.8) is 0 Å². The molecule has 0 heterocycles. The summed E-state index contributed by atoms with van der Waals surface area (Å²) in [4.78, 5) is 11.4. The van der Waals surface area contributed by atoms with E-state index in [2.05, 4.69) is 12.2 Å². The van der Waals surface area contributed by atoms with E-state index >= 15 is 0 Å². The maximum Gasteiger partial charge on any atom is 0.319 e. The van der Waals surface area contributed by atoms with E-state index in [1.54, 1.807) is 0 Å². The fourth-order valence-electron chi connectivity index (χ4n) is 2.24. The highest BCUT2D eigenvalue weighted by Crippen LogP contribution is 2.10. The monoisotopic (exact) mass is 300 g/mol. The van der Waals surface area contributed by atoms with Gasteiger partial charge in [-0.3, -0.25) is 4.79 Å². The van der Waals surface area contributed by atoms with E-state index in [1.165, 1.54) is 57.8 Å². The highest BCUT2D eigenvalue weighted by atomic mass is 16.5. The molecule has 0 saturated heterocycles. The lowest BCUT2D eigenvalue weighted by atomic mass is 10.1. The first kappa shape index (κ1) is 20.4. The molecule has 0 fully saturated rings. The summed E-state index contributed by atoms with van der Waals surface area (Å²) in [6.45, 7) is 4.55. The molecule has 0 unspecified atom stereocenters. The zero-order valence-corrected chi connectivity index (χ0v) is 14.0. The summed E-state index contributed by atoms with van der Waals surface area (Å²) in [7, 11) is 0. The molecule has 0 aliphatic heterocycles. The van der Waals surface area contributed by atoms with Gasteiger partial charge in [0.1, 0.15) is 0 Å². The lowest BCUT2D eigenvalue weighted by Gasteiger charge is -2.06. The molecule has 0 spiro atoms. The van der Waals surface area contributed by atoms with Crippen LogP contribution >= 0.6 is 0 Å². The molecule has 0 aromatic carbocycles. The smallest absolute Gasteiger partial charge is 0.319 e. The Bertz CT molecular complexity index is 223. The maximum absolute atomic E-state index is 11.4. The third-order valence-electron chi connectivity index (χ3n) is 3.59. The molecule has 0 rings (SSSR count). The molecule has 0 aliphatic carbocycles. The third kappa shape index (κ3) is 17.3. The molecule has 0 bridgehead atoms. The van der Waals surface area contributed by atoms with Crippen molar-refractivity contribution in [3.8, 4) is 0 Å². The van der Waals surface area contributed by atoms with Crippen LogP contribution in [0.2, 0.25) is 0 Å². The topological polar surface area (TPSA) is 64.3 Å². The lowest BCUT2D eigenvalue weighted by molar-refractivity contribution is -0.142. The first-order chi connectivity index (χ1) is 10.3. The van der Waals surface area contributed by atoms with E-state index in [0.29, 0.717) is 19.7 Å². The van der Waals surface area contributed by atoms with Gasteiger partial charge in [-0.25, -0.2) is 0 Å². The van der Waals surface area contributed by atoms with Crippen molar-refractivity contribution in [2.75, 3.05) is 26.2 Å². The molecule has 0 amide bonds. The first-order valence-electron chi connectivity index (χ1n) is 8.87. The number of unbranched alkanes of at least 4 members (excludes halogenated alkanes) is 9. The average Bonchev–Trinajstić information content (AvgIpc) is 2.49. The second-order valence-electron chi connectivity index (χ2n) is 5.72. The highest BCUT2D eigenvalue weighted by Gasteiger charge is 2.01. The first-order valence-corrected chi connectivity index (χ1v) is 8.87. The molecule has 0 atom stereocenters. The molecular formula is C17H36N2O2. The molecule has 0 aliphatic rings. The third-order valence-corrected chi connectivity index (χ3v) is 3.59. The fraction of sp³-hybridized carbons (Fsp3) is 0.941. The molecule has 3 N–H and O–H groups in total. The van der Waals surface area contributed by atoms with Crippen molar-refractivity contribution in [3.05, 3.63) is 0 Å². The van der Waals surface area contributed by atoms with Gasteiger partial charge in [-0.2, -0.15) is 0 Å². The Kier molecular flexibility index (Phi) is 16.9. The van der Waals surface area contributed by atoms with Gasteiger partial charge in [-0.15, -0.1) is 0 Å². The van der Waals surface area contributed by atoms with Gasteiger partial charge in [0.15, 0.2) is 0 Å². The van der Waals surface area contributed by atoms with Crippen molar-refractivity contribution in [2.45, 2.75) is 77.6 Å². The van der Waals surface area contributed by atoms with Crippen molar-refractivity contribution < 1.29 is 9.53 Å². The number of carbonyl (C=O) groups excluding carboxylic acids is 1. The van der Waals surface area contributed by atoms with Crippen LogP contribution in [0.5, 0.6) is 0 Å². The van der Waals surface area contributed by atoms with Gasteiger partial charge < -0.3 is 15.8 Å². The minimum Gasteiger partial charge on any atom is -0.465 e. The van der Waals surface area contributed by atoms with Crippen LogP contribution < -0.4 is 11.1 Å². The van der Waals surface area contributed by atoms with Gasteiger partial charge in [0.25, 0.3) is 0 Å². The van der Waals surface area contributed by atoms with Gasteiger partial charge >= 0.3 is 5.97 Å². The highest BCUT2D eigenvalue weighted by molar-refractivity contribution is 5.71. The van der Waals surface area contributed by atoms with Crippen molar-refractivity contribution in [1.29, 1.82) is 0 Å². The number of nitrogens with one attached hydrogen (secondary N) is 1. The maximum atomic E-state index is 11.4. The number of hydrogen-bond donors (Lipinski definition) is 2. The molecule has 4 heteroatoms. The van der Waals surface area contributed by atoms with Gasteiger partial charge in [-0.05, 0) is 25.9 Å². The SMILES string of the molecule is CCCCCCCCCCCCOC(=O)CNCCCN. The molecule has 4 nitrogen and oxygen atoms in total. The summed E-state index contributed by atoms with van der Waals surface area (Å²) in [6.07, 6.45) is 13.9. The molecule has 0 radical (unpaired) electrons. The Morgan fingerprint density at radius 3 is 2.05 bits per heavy atom. The van der Waals surface area contributed by atoms with Crippen LogP contribution in [-0.2, 0) is 9.53 Å². The number of ether oxygens (including phenoxy) is 1. The predicted molar refractivity (Wildman–Crippen MR) is 89.3 cm³/mol. The molecule has 0 saturated carbocycles. The number of nitrogens with two attached hydrogens (primary N) is 1. The van der Waals surface area contributed by atoms with Crippen LogP contribution in [0.25, 0.3) is 0 Å². The minimum absolute atomic E-state index is 0.150. The lowest BCUT2D eigenvalue weighted by Crippen LogP contribution is -2.27. The van der Waals surface area contributed by atoms with Crippen LogP contribution in [0.1, 0.15) is 77.6 Å². The molecular weight excluding hydrogens is 264 g/mol. The van der Waals surface area contributed by atoms with E-state index < -0.39 is 0 Å². The Labute approximate surface area is 131 Å². The molecule has 21 heavy (non-hydrogen) atoms. The normalized spacial score (nSPS) is 10.8. The summed E-state index contributed by atoms with van der Waals surface area (Å²) < 4.78 is 5.16. The Morgan fingerprint density at radius 2 is 1.48 bits per heavy atom. The quantitative estimate of drug-likeness (QED) is 0.339. The molecule has 0 aromatic rings. The largest absolute Gasteiger partial charge is 0.465 e. The summed E-state index contributed by atoms with van der Waals surface area (Å²) in [6, 6.07) is 0. The van der Waals surface area contributed by atoms with Gasteiger partial charge in [-0.1, -0.05) is 64.7 Å². The van der Waals surface area contributed by atoms with Crippen molar-refractivity contribution in [2.24, 2.45) is 5.73 Å². The van der Waals surface area contributed by atoms with Gasteiger partial charge in [0, 0.05) is 0 Å². The van der Waals surface area contributed by atoms with E-state index in [9.17, 15) is 4.79 Å². The minimum atomic E-state index is -0.150. The summed E-state index contributed by atoms with van der Waals surface area (Å²) in [5, 5.41) is 3.02. The summed E-state index contributed by atoms with van der Waals surface area (Å²) in [5.41, 5.74) is 5.37. The van der Waals surface area contributed by atoms with E-state index in [1.807, 2.05) is 0 Å². The predicted octanol–water partition coefficient (Wildman–Crippen LogP) is 3.39. The number of carbonyl (C=O) groups is 1. The van der Waals surface area contributed by atoms with E-state index in [-0.39, 0.29) is 5.97 Å². The Hall–Kier alpha value is -0.610. The van der Waals surface area contributed by atoms with Crippen LogP contribution in [0.4, 0.5) is 0 Å².